The minimum Gasteiger partial charge on any atom is -0.317 e. The zero-order valence-corrected chi connectivity index (χ0v) is 12.7. The van der Waals surface area contributed by atoms with E-state index in [1.165, 1.54) is 12.1 Å². The van der Waals surface area contributed by atoms with Crippen molar-refractivity contribution in [2.24, 2.45) is 0 Å². The molecule has 116 valence electrons. The zero-order valence-electron chi connectivity index (χ0n) is 12.7. The molecule has 1 aromatic carbocycles. The van der Waals surface area contributed by atoms with Gasteiger partial charge >= 0.3 is 0 Å². The third-order valence-corrected chi connectivity index (χ3v) is 3.44. The maximum Gasteiger partial charge on any atom is 0.276 e. The molecule has 23 heavy (non-hydrogen) atoms. The summed E-state index contributed by atoms with van der Waals surface area (Å²) in [6, 6.07) is 12.3. The summed E-state index contributed by atoms with van der Waals surface area (Å²) in [4.78, 5) is 23.3. The van der Waals surface area contributed by atoms with Crippen LogP contribution in [0.3, 0.4) is 0 Å². The van der Waals surface area contributed by atoms with Crippen LogP contribution in [-0.2, 0) is 0 Å². The number of nitrogens with zero attached hydrogens (tertiary/aromatic N) is 3. The van der Waals surface area contributed by atoms with Gasteiger partial charge in [0.05, 0.1) is 22.8 Å². The molecule has 2 N–H and O–H groups in total. The number of para-hydroxylation sites is 1. The van der Waals surface area contributed by atoms with Gasteiger partial charge in [-0.25, -0.2) is 9.78 Å². The molecular formula is C16H15N5O2. The SMILES string of the molecule is Cc1nn(-c2ccccc2)c(C)c1NC(=O)c1ccc(=O)[nH]n1. The Morgan fingerprint density at radius 2 is 1.87 bits per heavy atom. The number of hydrogen-bond acceptors (Lipinski definition) is 4. The van der Waals surface area contributed by atoms with Crippen LogP contribution in [0.15, 0.2) is 47.3 Å². The first-order valence-corrected chi connectivity index (χ1v) is 7.05. The summed E-state index contributed by atoms with van der Waals surface area (Å²) in [5.41, 5.74) is 2.83. The number of nitrogens with one attached hydrogen (secondary N) is 2. The van der Waals surface area contributed by atoms with Gasteiger partial charge in [0.2, 0.25) is 0 Å². The van der Waals surface area contributed by atoms with Gasteiger partial charge in [-0.15, -0.1) is 0 Å². The average Bonchev–Trinajstić information content (AvgIpc) is 2.84. The van der Waals surface area contributed by atoms with Crippen LogP contribution in [0.25, 0.3) is 5.69 Å². The lowest BCUT2D eigenvalue weighted by molar-refractivity contribution is 0.102. The molecule has 3 rings (SSSR count). The van der Waals surface area contributed by atoms with Gasteiger partial charge in [0.25, 0.3) is 11.5 Å². The number of carbonyl (C=O) groups excluding carboxylic acids is 1. The molecule has 1 amide bonds. The molecule has 0 unspecified atom stereocenters. The molecule has 0 saturated carbocycles. The molecule has 0 radical (unpaired) electrons. The molecule has 0 fully saturated rings. The monoisotopic (exact) mass is 309 g/mol. The van der Waals surface area contributed by atoms with E-state index in [-0.39, 0.29) is 11.3 Å². The van der Waals surface area contributed by atoms with E-state index in [0.29, 0.717) is 11.4 Å². The van der Waals surface area contributed by atoms with Crippen molar-refractivity contribution in [2.45, 2.75) is 13.8 Å². The summed E-state index contributed by atoms with van der Waals surface area (Å²) in [6.45, 7) is 3.70. The summed E-state index contributed by atoms with van der Waals surface area (Å²) < 4.78 is 1.77. The fourth-order valence-corrected chi connectivity index (χ4v) is 2.29. The van der Waals surface area contributed by atoms with Crippen LogP contribution in [0.4, 0.5) is 5.69 Å². The van der Waals surface area contributed by atoms with Crippen molar-refractivity contribution in [3.05, 3.63) is 69.9 Å². The first-order valence-electron chi connectivity index (χ1n) is 7.05. The van der Waals surface area contributed by atoms with Crippen LogP contribution in [0.2, 0.25) is 0 Å². The second-order valence-electron chi connectivity index (χ2n) is 5.05. The summed E-state index contributed by atoms with van der Waals surface area (Å²) in [7, 11) is 0. The van der Waals surface area contributed by atoms with Crippen molar-refractivity contribution >= 4 is 11.6 Å². The highest BCUT2D eigenvalue weighted by Crippen LogP contribution is 2.23. The zero-order chi connectivity index (χ0) is 16.4. The standard InChI is InChI=1S/C16H15N5O2/c1-10-15(17-16(23)13-8-9-14(22)19-18-13)11(2)21(20-10)12-6-4-3-5-7-12/h3-9H,1-2H3,(H,17,23)(H,19,22). The molecule has 2 aromatic heterocycles. The summed E-state index contributed by atoms with van der Waals surface area (Å²) >= 11 is 0. The molecule has 3 aromatic rings. The van der Waals surface area contributed by atoms with Crippen LogP contribution in [0.5, 0.6) is 0 Å². The van der Waals surface area contributed by atoms with Gasteiger partial charge in [-0.2, -0.15) is 10.2 Å². The lowest BCUT2D eigenvalue weighted by Crippen LogP contribution is -2.18. The second-order valence-corrected chi connectivity index (χ2v) is 5.05. The van der Waals surface area contributed by atoms with E-state index in [1.54, 1.807) is 4.68 Å². The Balaban J connectivity index is 1.92. The lowest BCUT2D eigenvalue weighted by atomic mass is 10.2. The molecule has 0 bridgehead atoms. The number of amides is 1. The summed E-state index contributed by atoms with van der Waals surface area (Å²) in [5, 5.41) is 13.2. The Labute approximate surface area is 132 Å². The fourth-order valence-electron chi connectivity index (χ4n) is 2.29. The van der Waals surface area contributed by atoms with Crippen LogP contribution in [-0.4, -0.2) is 25.9 Å². The van der Waals surface area contributed by atoms with Crippen LogP contribution in [0.1, 0.15) is 21.9 Å². The van der Waals surface area contributed by atoms with Gasteiger partial charge in [-0.05, 0) is 32.0 Å². The molecule has 7 nitrogen and oxygen atoms in total. The van der Waals surface area contributed by atoms with Gasteiger partial charge in [0, 0.05) is 6.07 Å². The molecule has 2 heterocycles. The van der Waals surface area contributed by atoms with E-state index in [4.69, 9.17) is 0 Å². The fraction of sp³-hybridized carbons (Fsp3) is 0.125. The van der Waals surface area contributed by atoms with Gasteiger partial charge in [-0.1, -0.05) is 18.2 Å². The quantitative estimate of drug-likeness (QED) is 0.772. The number of hydrogen-bond donors (Lipinski definition) is 2. The maximum atomic E-state index is 12.2. The minimum atomic E-state index is -0.403. The highest BCUT2D eigenvalue weighted by molar-refractivity contribution is 6.03. The molecule has 7 heteroatoms. The number of aromatic nitrogens is 4. The number of H-pyrrole nitrogens is 1. The Morgan fingerprint density at radius 3 is 2.52 bits per heavy atom. The summed E-state index contributed by atoms with van der Waals surface area (Å²) in [6.07, 6.45) is 0. The number of benzene rings is 1. The summed E-state index contributed by atoms with van der Waals surface area (Å²) in [5.74, 6) is -0.403. The molecule has 0 spiro atoms. The van der Waals surface area contributed by atoms with Crippen molar-refractivity contribution in [1.82, 2.24) is 20.0 Å². The Kier molecular flexibility index (Phi) is 3.76. The van der Waals surface area contributed by atoms with Gasteiger partial charge in [0.15, 0.2) is 0 Å². The highest BCUT2D eigenvalue weighted by Gasteiger charge is 2.16. The van der Waals surface area contributed by atoms with Gasteiger partial charge in [0.1, 0.15) is 5.69 Å². The van der Waals surface area contributed by atoms with Crippen LogP contribution >= 0.6 is 0 Å². The third-order valence-electron chi connectivity index (χ3n) is 3.44. The molecule has 0 atom stereocenters. The average molecular weight is 309 g/mol. The predicted octanol–water partition coefficient (Wildman–Crippen LogP) is 1.82. The van der Waals surface area contributed by atoms with Crippen molar-refractivity contribution in [3.63, 3.8) is 0 Å². The number of carbonyl (C=O) groups is 1. The number of rotatable bonds is 3. The Bertz CT molecular complexity index is 891. The van der Waals surface area contributed by atoms with Crippen LogP contribution < -0.4 is 10.9 Å². The first-order chi connectivity index (χ1) is 11.1. The third kappa shape index (κ3) is 2.89. The first kappa shape index (κ1) is 14.7. The molecule has 0 aliphatic heterocycles. The normalized spacial score (nSPS) is 10.5. The van der Waals surface area contributed by atoms with Crippen LogP contribution in [0, 0.1) is 13.8 Å². The van der Waals surface area contributed by atoms with E-state index >= 15 is 0 Å². The van der Waals surface area contributed by atoms with Crippen molar-refractivity contribution < 1.29 is 4.79 Å². The molecule has 0 aliphatic carbocycles. The van der Waals surface area contributed by atoms with E-state index in [0.717, 1.165) is 11.4 Å². The van der Waals surface area contributed by atoms with E-state index in [2.05, 4.69) is 20.6 Å². The van der Waals surface area contributed by atoms with Crippen molar-refractivity contribution in [1.29, 1.82) is 0 Å². The Morgan fingerprint density at radius 1 is 1.13 bits per heavy atom. The van der Waals surface area contributed by atoms with E-state index < -0.39 is 5.91 Å². The smallest absolute Gasteiger partial charge is 0.276 e. The molecular weight excluding hydrogens is 294 g/mol. The van der Waals surface area contributed by atoms with Crippen molar-refractivity contribution in [3.8, 4) is 5.69 Å². The van der Waals surface area contributed by atoms with Gasteiger partial charge in [-0.3, -0.25) is 9.59 Å². The minimum absolute atomic E-state index is 0.135. The molecule has 0 saturated heterocycles. The van der Waals surface area contributed by atoms with Crippen molar-refractivity contribution in [2.75, 3.05) is 5.32 Å². The van der Waals surface area contributed by atoms with E-state index in [1.807, 2.05) is 44.2 Å². The number of aryl methyl sites for hydroxylation is 1. The van der Waals surface area contributed by atoms with Gasteiger partial charge < -0.3 is 5.32 Å². The van der Waals surface area contributed by atoms with E-state index in [9.17, 15) is 9.59 Å². The molecule has 0 aliphatic rings. The highest BCUT2D eigenvalue weighted by atomic mass is 16.2. The topological polar surface area (TPSA) is 92.7 Å². The number of aromatic amines is 1. The predicted molar refractivity (Wildman–Crippen MR) is 85.8 cm³/mol. The lowest BCUT2D eigenvalue weighted by Gasteiger charge is -2.06. The second kappa shape index (κ2) is 5.88. The maximum absolute atomic E-state index is 12.2. The largest absolute Gasteiger partial charge is 0.317 e. The number of anilines is 1. The Hall–Kier alpha value is -3.22.